The van der Waals surface area contributed by atoms with Gasteiger partial charge in [0.2, 0.25) is 47.3 Å². The van der Waals surface area contributed by atoms with Gasteiger partial charge in [0, 0.05) is 79.5 Å². The number of para-hydroxylation sites is 2. The van der Waals surface area contributed by atoms with Crippen LogP contribution in [-0.4, -0.2) is 147 Å². The minimum absolute atomic E-state index is 0.0512. The lowest BCUT2D eigenvalue weighted by molar-refractivity contribution is -0.142. The molecule has 6 aromatic rings. The predicted octanol–water partition coefficient (Wildman–Crippen LogP) is 2.28. The second kappa shape index (κ2) is 31.0. The highest BCUT2D eigenvalue weighted by atomic mass is 19.1. The number of aromatic nitrogens is 2. The number of aliphatic hydroxyl groups excluding tert-OH is 1. The van der Waals surface area contributed by atoms with E-state index in [1.807, 2.05) is 56.3 Å². The summed E-state index contributed by atoms with van der Waals surface area (Å²) in [6.45, 7) is 5.26. The largest absolute Gasteiger partial charge is 0.508 e. The molecule has 1 fully saturated rings. The quantitative estimate of drug-likeness (QED) is 0.0176. The number of aromatic amines is 2. The molecular formula is C62H78FN13O10. The molecule has 24 heteroatoms. The van der Waals surface area contributed by atoms with Crippen LogP contribution < -0.4 is 48.7 Å². The van der Waals surface area contributed by atoms with Crippen LogP contribution in [0.1, 0.15) is 81.5 Å². The van der Waals surface area contributed by atoms with E-state index in [4.69, 9.17) is 11.5 Å². The van der Waals surface area contributed by atoms with E-state index in [0.717, 1.165) is 21.8 Å². The van der Waals surface area contributed by atoms with Crippen LogP contribution in [0.25, 0.3) is 21.8 Å². The first-order valence-corrected chi connectivity index (χ1v) is 29.0. The number of carbonyl (C=O) groups excluding carboxylic acids is 8. The van der Waals surface area contributed by atoms with Crippen LogP contribution in [0.5, 0.6) is 5.75 Å². The first-order valence-electron chi connectivity index (χ1n) is 29.0. The van der Waals surface area contributed by atoms with Gasteiger partial charge in [-0.2, -0.15) is 0 Å². The van der Waals surface area contributed by atoms with Crippen LogP contribution in [0, 0.1) is 11.7 Å². The zero-order valence-corrected chi connectivity index (χ0v) is 48.5. The van der Waals surface area contributed by atoms with Crippen molar-refractivity contribution in [2.75, 3.05) is 26.2 Å². The van der Waals surface area contributed by atoms with Crippen LogP contribution >= 0.6 is 0 Å². The van der Waals surface area contributed by atoms with Crippen molar-refractivity contribution in [1.82, 2.24) is 52.1 Å². The second-order valence-corrected chi connectivity index (χ2v) is 21.9. The molecule has 0 bridgehead atoms. The number of H-pyrrole nitrogens is 2. The zero-order chi connectivity index (χ0) is 61.9. The third-order valence-electron chi connectivity index (χ3n) is 14.9. The minimum Gasteiger partial charge on any atom is -0.508 e. The predicted molar refractivity (Wildman–Crippen MR) is 322 cm³/mol. The number of aromatic hydroxyl groups is 1. The van der Waals surface area contributed by atoms with Gasteiger partial charge in [0.05, 0.1) is 6.61 Å². The molecule has 1 aliphatic rings. The lowest BCUT2D eigenvalue weighted by Crippen LogP contribution is -2.61. The van der Waals surface area contributed by atoms with E-state index in [9.17, 15) is 53.0 Å². The van der Waals surface area contributed by atoms with E-state index in [2.05, 4.69) is 52.2 Å². The van der Waals surface area contributed by atoms with E-state index in [1.165, 1.54) is 47.4 Å². The summed E-state index contributed by atoms with van der Waals surface area (Å²) in [5.74, 6) is -6.52. The van der Waals surface area contributed by atoms with E-state index in [-0.39, 0.29) is 88.0 Å². The summed E-state index contributed by atoms with van der Waals surface area (Å²) >= 11 is 0. The molecule has 4 aromatic carbocycles. The number of hydrogen-bond acceptors (Lipinski definition) is 11. The van der Waals surface area contributed by atoms with Gasteiger partial charge in [-0.1, -0.05) is 74.5 Å². The number of rotatable bonds is 30. The lowest BCUT2D eigenvalue weighted by atomic mass is 9.99. The van der Waals surface area contributed by atoms with Gasteiger partial charge in [-0.05, 0) is 110 Å². The molecule has 1 saturated heterocycles. The number of carbonyl (C=O) groups is 8. The Hall–Kier alpha value is -9.32. The van der Waals surface area contributed by atoms with Gasteiger partial charge in [0.25, 0.3) is 0 Å². The number of halogens is 1. The highest BCUT2D eigenvalue weighted by Crippen LogP contribution is 2.23. The Labute approximate surface area is 497 Å². The first-order chi connectivity index (χ1) is 41.3. The molecule has 0 radical (unpaired) electrons. The number of nitrogens with zero attached hydrogens (tertiary/aromatic N) is 2. The van der Waals surface area contributed by atoms with E-state index < -0.39 is 96.1 Å². The maximum atomic E-state index is 15.0. The summed E-state index contributed by atoms with van der Waals surface area (Å²) in [5.41, 5.74) is 14.9. The number of amides is 8. The van der Waals surface area contributed by atoms with Crippen molar-refractivity contribution < 1.29 is 53.0 Å². The number of benzene rings is 4. The SMILES string of the molecule is CCNC(=O)[C@@H]1CCCN1C(=O)[C@H](CCCN=C(N)N)NC(=O)[C@H](CC(C)C)NC(=O)[C@@H](Cc1c[nH]c2ccccc12)NC(=O)[C@H](Cc1ccc(O)cc1)NC(=O)[C@H](CO)NC(=O)[C@H](Cc1c[nH]c2ccccc12)NC(=O)CCc1cccc(F)c1. The van der Waals surface area contributed by atoms with E-state index in [0.29, 0.717) is 41.6 Å². The van der Waals surface area contributed by atoms with Crippen molar-refractivity contribution in [3.05, 3.63) is 138 Å². The van der Waals surface area contributed by atoms with Crippen LogP contribution in [0.4, 0.5) is 4.39 Å². The third kappa shape index (κ3) is 18.1. The number of nitrogens with one attached hydrogen (secondary N) is 9. The number of likely N-dealkylation sites (tertiary alicyclic amines) is 1. The Morgan fingerprint density at radius 2 is 1.22 bits per heavy atom. The van der Waals surface area contributed by atoms with Crippen LogP contribution in [0.2, 0.25) is 0 Å². The number of phenolic OH excluding ortho intramolecular Hbond substituents is 1. The number of phenols is 1. The van der Waals surface area contributed by atoms with Crippen molar-refractivity contribution in [2.45, 2.75) is 127 Å². The third-order valence-corrected chi connectivity index (χ3v) is 14.9. The van der Waals surface area contributed by atoms with E-state index >= 15 is 0 Å². The Morgan fingerprint density at radius 3 is 1.80 bits per heavy atom. The average Bonchev–Trinajstić information content (AvgIpc) is 4.46. The number of aliphatic imine (C=N–C) groups is 1. The van der Waals surface area contributed by atoms with Gasteiger partial charge in [0.15, 0.2) is 5.96 Å². The highest BCUT2D eigenvalue weighted by molar-refractivity contribution is 5.99. The molecule has 0 unspecified atom stereocenters. The van der Waals surface area contributed by atoms with E-state index in [1.54, 1.807) is 31.5 Å². The summed E-state index contributed by atoms with van der Waals surface area (Å²) < 4.78 is 14.0. The van der Waals surface area contributed by atoms with Gasteiger partial charge < -0.3 is 73.8 Å². The zero-order valence-electron chi connectivity index (χ0n) is 48.5. The van der Waals surface area contributed by atoms with Gasteiger partial charge in [-0.25, -0.2) is 4.39 Å². The molecule has 1 aliphatic heterocycles. The van der Waals surface area contributed by atoms with Crippen molar-refractivity contribution in [3.8, 4) is 5.75 Å². The fourth-order valence-corrected chi connectivity index (χ4v) is 10.6. The molecule has 8 amide bonds. The van der Waals surface area contributed by atoms with Crippen molar-refractivity contribution >= 4 is 75.0 Å². The van der Waals surface area contributed by atoms with Gasteiger partial charge >= 0.3 is 0 Å². The minimum atomic E-state index is -1.69. The summed E-state index contributed by atoms with van der Waals surface area (Å²) in [6, 6.07) is 17.1. The molecule has 0 saturated carbocycles. The summed E-state index contributed by atoms with van der Waals surface area (Å²) in [5, 5.41) is 41.6. The monoisotopic (exact) mass is 1180 g/mol. The Bertz CT molecular complexity index is 3360. The molecule has 7 rings (SSSR count). The Kier molecular flexibility index (Phi) is 23.2. The number of hydrogen-bond donors (Lipinski definition) is 13. The number of aryl methyl sites for hydroxylation is 1. The summed E-state index contributed by atoms with van der Waals surface area (Å²) in [7, 11) is 0. The number of fused-ring (bicyclic) bond motifs is 2. The molecule has 86 heavy (non-hydrogen) atoms. The topological polar surface area (TPSA) is 360 Å². The fourth-order valence-electron chi connectivity index (χ4n) is 10.6. The number of guanidine groups is 1. The normalized spacial score (nSPS) is 15.1. The molecule has 0 spiro atoms. The van der Waals surface area contributed by atoms with Crippen LogP contribution in [-0.2, 0) is 64.0 Å². The Balaban J connectivity index is 1.14. The lowest BCUT2D eigenvalue weighted by Gasteiger charge is -2.30. The van der Waals surface area contributed by atoms with Gasteiger partial charge in [-0.15, -0.1) is 0 Å². The molecule has 23 nitrogen and oxygen atoms in total. The highest BCUT2D eigenvalue weighted by Gasteiger charge is 2.39. The first kappa shape index (κ1) is 64.2. The summed E-state index contributed by atoms with van der Waals surface area (Å²) in [6.07, 6.45) is 4.42. The van der Waals surface area contributed by atoms with Crippen molar-refractivity contribution in [3.63, 3.8) is 0 Å². The molecule has 458 valence electrons. The molecule has 7 atom stereocenters. The molecule has 15 N–H and O–H groups in total. The number of nitrogens with two attached hydrogens (primary N) is 2. The molecule has 3 heterocycles. The number of likely N-dealkylation sites (N-methyl/N-ethyl adjacent to an activating group) is 1. The van der Waals surface area contributed by atoms with Gasteiger partial charge in [0.1, 0.15) is 53.9 Å². The Morgan fingerprint density at radius 1 is 0.674 bits per heavy atom. The maximum Gasteiger partial charge on any atom is 0.245 e. The standard InChI is InChI=1S/C62H78FN13O10/c1-4-66-60(85)53-19-11-27-76(53)61(86)47(18-10-26-67-62(64)65)71-55(80)48(28-36(2)3)72-58(83)51(32-40-34-69-46-17-8-6-15-44(40)46)74-56(81)49(30-38-20-23-42(78)24-21-38)73-59(84)52(35-77)75-57(82)50(31-39-33-68-45-16-7-5-14-43(39)45)70-54(79)25-22-37-12-9-13-41(63)29-37/h5-9,12-17,20-21,23-24,29,33-34,36,47-53,68-69,77-78H,4,10-11,18-19,22,25-28,30-32,35H2,1-3H3,(H,66,85)(H,70,79)(H,71,80)(H,72,83)(H,73,84)(H,74,81)(H,75,82)(H4,64,65,67)/t47-,48-,49-,50-,51+,52-,53-/m0/s1. The van der Waals surface area contributed by atoms with Crippen molar-refractivity contribution in [2.24, 2.45) is 22.4 Å². The average molecular weight is 1180 g/mol. The molecule has 2 aromatic heterocycles. The smallest absolute Gasteiger partial charge is 0.245 e. The van der Waals surface area contributed by atoms with Gasteiger partial charge in [-0.3, -0.25) is 43.3 Å². The second-order valence-electron chi connectivity index (χ2n) is 21.9. The number of aliphatic hydroxyl groups is 1. The van der Waals surface area contributed by atoms with Crippen LogP contribution in [0.15, 0.2) is 114 Å². The van der Waals surface area contributed by atoms with Crippen molar-refractivity contribution in [1.29, 1.82) is 0 Å². The fraction of sp³-hybridized carbons (Fsp3) is 0.403. The maximum absolute atomic E-state index is 15.0. The molecular weight excluding hydrogens is 1110 g/mol. The van der Waals surface area contributed by atoms with Crippen LogP contribution in [0.3, 0.4) is 0 Å². The molecule has 0 aliphatic carbocycles. The summed E-state index contributed by atoms with van der Waals surface area (Å²) in [4.78, 5) is 126.